The second-order valence-electron chi connectivity index (χ2n) is 11.1. The van der Waals surface area contributed by atoms with Gasteiger partial charge in [-0.1, -0.05) is 11.6 Å². The molecule has 2 aromatic rings. The Morgan fingerprint density at radius 3 is 2.44 bits per heavy atom. The molecule has 1 amide bonds. The van der Waals surface area contributed by atoms with E-state index in [1.54, 1.807) is 13.0 Å². The van der Waals surface area contributed by atoms with Crippen molar-refractivity contribution < 1.29 is 23.0 Å². The minimum absolute atomic E-state index is 0.0730. The van der Waals surface area contributed by atoms with Crippen LogP contribution in [0.15, 0.2) is 21.8 Å². The molecule has 7 nitrogen and oxygen atoms in total. The maximum absolute atomic E-state index is 13.2. The van der Waals surface area contributed by atoms with E-state index in [4.69, 9.17) is 21.1 Å². The molecule has 3 aliphatic rings. The number of benzene rings is 1. The van der Waals surface area contributed by atoms with Crippen LogP contribution < -0.4 is 25.7 Å². The van der Waals surface area contributed by atoms with Crippen molar-refractivity contribution in [2.75, 3.05) is 6.26 Å². The normalized spacial score (nSPS) is 25.8. The number of hydrogen-bond donors (Lipinski definition) is 3. The van der Waals surface area contributed by atoms with Crippen LogP contribution in [-0.4, -0.2) is 40.9 Å². The fourth-order valence-corrected chi connectivity index (χ4v) is 6.88. The van der Waals surface area contributed by atoms with Gasteiger partial charge < -0.3 is 25.1 Å². The standard InChI is InChI=1S/C28H34ClF2N3O4S/c1-14-9-22(39-4)20(26(36)33-14)13-32-25(35)19-10-21(29)24-23(15(19)2)37-27(3,38-24)16-5-7-17(8-6-16)34-18-11-28(30,31)12-18/h9-10,16-18,34H,5-8,11-13H2,1-4H3,(H,32,35)(H,33,36)/t16?,17?,27-/m0/s1. The molecule has 2 saturated carbocycles. The third-order valence-corrected chi connectivity index (χ3v) is 9.28. The first kappa shape index (κ1) is 28.2. The number of H-pyrrole nitrogens is 1. The highest BCUT2D eigenvalue weighted by Crippen LogP contribution is 2.51. The number of amides is 1. The van der Waals surface area contributed by atoms with Crippen LogP contribution in [0.5, 0.6) is 11.5 Å². The summed E-state index contributed by atoms with van der Waals surface area (Å²) in [6, 6.07) is 3.56. The number of rotatable bonds is 7. The van der Waals surface area contributed by atoms with E-state index in [-0.39, 0.29) is 53.9 Å². The van der Waals surface area contributed by atoms with Gasteiger partial charge in [-0.2, -0.15) is 0 Å². The summed E-state index contributed by atoms with van der Waals surface area (Å²) in [7, 11) is 0. The first-order valence-corrected chi connectivity index (χ1v) is 14.9. The number of aryl methyl sites for hydroxylation is 1. The Bertz CT molecular complexity index is 1340. The Morgan fingerprint density at radius 1 is 1.13 bits per heavy atom. The summed E-state index contributed by atoms with van der Waals surface area (Å²) in [6.45, 7) is 5.57. The Hall–Kier alpha value is -2.30. The SMILES string of the molecule is CSc1cc(C)[nH]c(=O)c1CNC(=O)c1cc(Cl)c2c(c1C)O[C@](C)(C1CCC(NC3CC(F)(F)C3)CC1)O2. The number of carbonyl (C=O) groups excluding carboxylic acids is 1. The quantitative estimate of drug-likeness (QED) is 0.362. The van der Waals surface area contributed by atoms with Gasteiger partial charge in [-0.3, -0.25) is 9.59 Å². The molecule has 0 saturated heterocycles. The zero-order chi connectivity index (χ0) is 28.1. The molecule has 1 atom stereocenters. The second-order valence-corrected chi connectivity index (χ2v) is 12.4. The van der Waals surface area contributed by atoms with E-state index in [2.05, 4.69) is 15.6 Å². The second kappa shape index (κ2) is 10.6. The number of pyridine rings is 1. The molecule has 0 radical (unpaired) electrons. The van der Waals surface area contributed by atoms with Gasteiger partial charge in [0.2, 0.25) is 0 Å². The van der Waals surface area contributed by atoms with Gasteiger partial charge in [-0.25, -0.2) is 8.78 Å². The number of alkyl halides is 2. The van der Waals surface area contributed by atoms with Crippen molar-refractivity contribution in [1.82, 2.24) is 15.6 Å². The summed E-state index contributed by atoms with van der Waals surface area (Å²) in [5.74, 6) is -2.88. The maximum atomic E-state index is 13.2. The fraction of sp³-hybridized carbons (Fsp3) is 0.571. The minimum atomic E-state index is -2.53. The van der Waals surface area contributed by atoms with Gasteiger partial charge in [0.1, 0.15) is 0 Å². The number of fused-ring (bicyclic) bond motifs is 1. The molecular weight excluding hydrogens is 548 g/mol. The number of thioether (sulfide) groups is 1. The molecule has 11 heteroatoms. The molecule has 1 aliphatic heterocycles. The zero-order valence-electron chi connectivity index (χ0n) is 22.5. The van der Waals surface area contributed by atoms with Gasteiger partial charge in [0, 0.05) is 71.6 Å². The number of hydrogen-bond acceptors (Lipinski definition) is 6. The molecule has 5 rings (SSSR count). The van der Waals surface area contributed by atoms with Gasteiger partial charge in [-0.05, 0) is 57.9 Å². The highest BCUT2D eigenvalue weighted by Gasteiger charge is 2.49. The van der Waals surface area contributed by atoms with Crippen molar-refractivity contribution in [2.45, 2.75) is 94.5 Å². The van der Waals surface area contributed by atoms with Crippen LogP contribution in [0.25, 0.3) is 0 Å². The number of nitrogens with one attached hydrogen (secondary N) is 3. The van der Waals surface area contributed by atoms with Crippen LogP contribution in [0.4, 0.5) is 8.78 Å². The van der Waals surface area contributed by atoms with E-state index in [9.17, 15) is 18.4 Å². The highest BCUT2D eigenvalue weighted by atomic mass is 35.5. The summed E-state index contributed by atoms with van der Waals surface area (Å²) in [5.41, 5.74) is 1.99. The predicted molar refractivity (Wildman–Crippen MR) is 147 cm³/mol. The monoisotopic (exact) mass is 581 g/mol. The number of halogens is 3. The molecule has 0 unspecified atom stereocenters. The third-order valence-electron chi connectivity index (χ3n) is 8.20. The van der Waals surface area contributed by atoms with Crippen molar-refractivity contribution in [1.29, 1.82) is 0 Å². The summed E-state index contributed by atoms with van der Waals surface area (Å²) in [4.78, 5) is 29.2. The van der Waals surface area contributed by atoms with Gasteiger partial charge in [0.15, 0.2) is 11.5 Å². The Balaban J connectivity index is 1.25. The van der Waals surface area contributed by atoms with Crippen molar-refractivity contribution in [2.24, 2.45) is 5.92 Å². The van der Waals surface area contributed by atoms with Crippen molar-refractivity contribution in [3.05, 3.63) is 49.9 Å². The Morgan fingerprint density at radius 2 is 1.79 bits per heavy atom. The molecule has 2 heterocycles. The largest absolute Gasteiger partial charge is 0.448 e. The summed E-state index contributed by atoms with van der Waals surface area (Å²) in [5, 5.41) is 6.51. The number of ether oxygens (including phenoxy) is 2. The molecule has 1 aromatic carbocycles. The van der Waals surface area contributed by atoms with Crippen LogP contribution >= 0.6 is 23.4 Å². The maximum Gasteiger partial charge on any atom is 0.254 e. The van der Waals surface area contributed by atoms with Crippen molar-refractivity contribution in [3.8, 4) is 11.5 Å². The van der Waals surface area contributed by atoms with Gasteiger partial charge in [-0.15, -0.1) is 11.8 Å². The summed E-state index contributed by atoms with van der Waals surface area (Å²) >= 11 is 8.03. The number of carbonyl (C=O) groups is 1. The molecule has 0 bridgehead atoms. The van der Waals surface area contributed by atoms with Crippen LogP contribution in [0.1, 0.15) is 72.6 Å². The summed E-state index contributed by atoms with van der Waals surface area (Å²) in [6.07, 6.45) is 5.05. The zero-order valence-corrected chi connectivity index (χ0v) is 24.1. The molecule has 212 valence electrons. The smallest absolute Gasteiger partial charge is 0.254 e. The lowest BCUT2D eigenvalue weighted by atomic mass is 9.79. The molecule has 2 aliphatic carbocycles. The first-order valence-electron chi connectivity index (χ1n) is 13.3. The van der Waals surface area contributed by atoms with Crippen LogP contribution in [0.3, 0.4) is 0 Å². The molecular formula is C28H34ClF2N3O4S. The predicted octanol–water partition coefficient (Wildman–Crippen LogP) is 5.73. The van der Waals surface area contributed by atoms with Gasteiger partial charge in [0.25, 0.3) is 23.2 Å². The molecule has 39 heavy (non-hydrogen) atoms. The van der Waals surface area contributed by atoms with Gasteiger partial charge in [0.05, 0.1) is 5.02 Å². The van der Waals surface area contributed by atoms with Crippen LogP contribution in [-0.2, 0) is 6.54 Å². The van der Waals surface area contributed by atoms with Crippen molar-refractivity contribution in [3.63, 3.8) is 0 Å². The van der Waals surface area contributed by atoms with E-state index < -0.39 is 11.7 Å². The average molecular weight is 582 g/mol. The average Bonchev–Trinajstić information content (AvgIpc) is 3.24. The Kier molecular flexibility index (Phi) is 7.67. The molecule has 1 aromatic heterocycles. The molecule has 0 spiro atoms. The van der Waals surface area contributed by atoms with E-state index >= 15 is 0 Å². The number of aromatic nitrogens is 1. The molecule has 2 fully saturated rings. The lowest BCUT2D eigenvalue weighted by Crippen LogP contribution is -2.53. The topological polar surface area (TPSA) is 92.5 Å². The third kappa shape index (κ3) is 5.65. The minimum Gasteiger partial charge on any atom is -0.448 e. The lowest BCUT2D eigenvalue weighted by molar-refractivity contribution is -0.123. The molecule has 3 N–H and O–H groups in total. The van der Waals surface area contributed by atoms with Crippen molar-refractivity contribution >= 4 is 29.3 Å². The van der Waals surface area contributed by atoms with E-state index in [1.165, 1.54) is 11.8 Å². The summed E-state index contributed by atoms with van der Waals surface area (Å²) < 4.78 is 39.0. The fourth-order valence-electron chi connectivity index (χ4n) is 5.94. The highest BCUT2D eigenvalue weighted by molar-refractivity contribution is 7.98. The van der Waals surface area contributed by atoms with Gasteiger partial charge >= 0.3 is 0 Å². The van der Waals surface area contributed by atoms with Crippen LogP contribution in [0, 0.1) is 19.8 Å². The van der Waals surface area contributed by atoms with Crippen LogP contribution in [0.2, 0.25) is 5.02 Å². The van der Waals surface area contributed by atoms with E-state index in [1.807, 2.05) is 26.2 Å². The Labute approximate surface area is 235 Å². The lowest BCUT2D eigenvalue weighted by Gasteiger charge is -2.41. The van der Waals surface area contributed by atoms with E-state index in [0.717, 1.165) is 36.3 Å². The van der Waals surface area contributed by atoms with E-state index in [0.29, 0.717) is 28.2 Å². The number of aromatic amines is 1. The first-order chi connectivity index (χ1) is 18.4.